The van der Waals surface area contributed by atoms with E-state index in [-0.39, 0.29) is 11.3 Å². The minimum atomic E-state index is -4.69. The van der Waals surface area contributed by atoms with Gasteiger partial charge in [-0.05, 0) is 38.0 Å². The van der Waals surface area contributed by atoms with Gasteiger partial charge in [-0.3, -0.25) is 4.79 Å². The number of unbranched alkanes of at least 4 members (excludes halogenated alkanes) is 1. The van der Waals surface area contributed by atoms with Crippen LogP contribution in [-0.2, 0) is 20.0 Å². The molecule has 0 atom stereocenters. The Balaban J connectivity index is 2.52. The molecule has 0 radical (unpaired) electrons. The van der Waals surface area contributed by atoms with E-state index in [1.54, 1.807) is 26.0 Å². The summed E-state index contributed by atoms with van der Waals surface area (Å²) in [6.45, 7) is 5.24. The van der Waals surface area contributed by atoms with Gasteiger partial charge >= 0.3 is 15.2 Å². The van der Waals surface area contributed by atoms with E-state index in [9.17, 15) is 27.2 Å². The maximum atomic E-state index is 13.1. The van der Waals surface area contributed by atoms with Crippen molar-refractivity contribution in [3.05, 3.63) is 64.7 Å². The number of rotatable bonds is 8. The third-order valence-corrected chi connectivity index (χ3v) is 7.18. The molecule has 0 bridgehead atoms. The molecule has 0 unspecified atom stereocenters. The number of nitrogens with zero attached hydrogens (tertiary/aromatic N) is 2. The third kappa shape index (κ3) is 5.21. The number of ketones is 1. The summed E-state index contributed by atoms with van der Waals surface area (Å²) in [4.78, 5) is 15.0. The summed E-state index contributed by atoms with van der Waals surface area (Å²) < 4.78 is 55.5. The van der Waals surface area contributed by atoms with Gasteiger partial charge in [0.1, 0.15) is 4.90 Å². The quantitative estimate of drug-likeness (QED) is 0.152. The van der Waals surface area contributed by atoms with E-state index in [1.807, 2.05) is 6.92 Å². The second kappa shape index (κ2) is 9.34. The van der Waals surface area contributed by atoms with Gasteiger partial charge in [0.2, 0.25) is 0 Å². The Morgan fingerprint density at radius 2 is 1.73 bits per heavy atom. The van der Waals surface area contributed by atoms with Crippen LogP contribution >= 0.6 is 0 Å². The predicted molar refractivity (Wildman–Crippen MR) is 112 cm³/mol. The van der Waals surface area contributed by atoms with Crippen molar-refractivity contribution in [2.24, 2.45) is 0 Å². The summed E-state index contributed by atoms with van der Waals surface area (Å²) in [5.74, 6) is -1.78. The molecule has 160 valence electrons. The Bertz CT molecular complexity index is 1230. The molecule has 0 N–H and O–H groups in total. The first-order chi connectivity index (χ1) is 14.0. The second-order valence-corrected chi connectivity index (χ2v) is 10.2. The van der Waals surface area contributed by atoms with E-state index in [1.165, 1.54) is 18.2 Å². The molecule has 0 aliphatic rings. The molecule has 0 aromatic heterocycles. The van der Waals surface area contributed by atoms with Gasteiger partial charge in [0.05, 0.1) is 5.75 Å². The number of hydrogen-bond donors (Lipinski definition) is 0. The second-order valence-electron chi connectivity index (χ2n) is 6.70. The van der Waals surface area contributed by atoms with Crippen molar-refractivity contribution in [3.63, 3.8) is 0 Å². The molecule has 2 aromatic carbocycles. The molecule has 0 saturated heterocycles. The lowest BCUT2D eigenvalue weighted by Gasteiger charge is -2.10. The zero-order chi connectivity index (χ0) is 22.5. The highest BCUT2D eigenvalue weighted by Crippen LogP contribution is 2.27. The molecule has 2 aromatic rings. The smallest absolute Gasteiger partial charge is 0.381 e. The van der Waals surface area contributed by atoms with Gasteiger partial charge in [-0.15, -0.1) is 4.79 Å². The van der Waals surface area contributed by atoms with Gasteiger partial charge in [-0.25, -0.2) is 8.42 Å². The van der Waals surface area contributed by atoms with Crippen molar-refractivity contribution in [1.82, 2.24) is 0 Å². The molecule has 0 aliphatic heterocycles. The average molecular weight is 451 g/mol. The van der Waals surface area contributed by atoms with Crippen LogP contribution in [-0.4, -0.2) is 38.2 Å². The molecule has 10 heteroatoms. The standard InChI is InChI=1S/C20H22N2O6S2/c1-4-5-12-29(24,25)28-17-8-6-7-9-18(17)30(26,27)20(22-21)19(23)16-11-10-14(2)13-15(16)3/h6-11,13H,4-5,12H2,1-3H3. The minimum absolute atomic E-state index is 0.0472. The number of carbonyl (C=O) groups excluding carboxylic acids is 1. The SMILES string of the molecule is CCCCS(=O)(=O)Oc1ccccc1S(=O)(=O)C(=[N+]=[N-])C(=O)c1ccc(C)cc1C. The highest BCUT2D eigenvalue weighted by atomic mass is 32.2. The van der Waals surface area contributed by atoms with Crippen molar-refractivity contribution >= 4 is 30.8 Å². The summed E-state index contributed by atoms with van der Waals surface area (Å²) in [5.41, 5.74) is 10.8. The molecule has 0 fully saturated rings. The van der Waals surface area contributed by atoms with Crippen molar-refractivity contribution in [2.75, 3.05) is 5.75 Å². The van der Waals surface area contributed by atoms with Crippen LogP contribution in [0.25, 0.3) is 5.53 Å². The zero-order valence-electron chi connectivity index (χ0n) is 16.8. The van der Waals surface area contributed by atoms with Crippen molar-refractivity contribution in [2.45, 2.75) is 38.5 Å². The van der Waals surface area contributed by atoms with Crippen LogP contribution < -0.4 is 4.18 Å². The molecule has 8 nitrogen and oxygen atoms in total. The van der Waals surface area contributed by atoms with E-state index in [0.29, 0.717) is 18.4 Å². The Hall–Kier alpha value is -2.81. The Kier molecular flexibility index (Phi) is 7.30. The van der Waals surface area contributed by atoms with E-state index in [0.717, 1.165) is 17.7 Å². The average Bonchev–Trinajstić information content (AvgIpc) is 2.66. The molecule has 0 aliphatic carbocycles. The topological polar surface area (TPSA) is 131 Å². The Labute approximate surface area is 176 Å². The maximum Gasteiger partial charge on any atom is 0.457 e. The first kappa shape index (κ1) is 23.5. The van der Waals surface area contributed by atoms with Crippen molar-refractivity contribution in [3.8, 4) is 5.75 Å². The summed E-state index contributed by atoms with van der Waals surface area (Å²) in [7, 11) is -8.74. The van der Waals surface area contributed by atoms with E-state index < -0.39 is 41.4 Å². The van der Waals surface area contributed by atoms with Crippen LogP contribution in [0.3, 0.4) is 0 Å². The lowest BCUT2D eigenvalue weighted by atomic mass is 10.0. The summed E-state index contributed by atoms with van der Waals surface area (Å²) in [5, 5.41) is -1.13. The Morgan fingerprint density at radius 1 is 1.07 bits per heavy atom. The molecule has 0 amide bonds. The lowest BCUT2D eigenvalue weighted by Crippen LogP contribution is -2.27. The molecule has 2 rings (SSSR count). The third-order valence-electron chi connectivity index (χ3n) is 4.27. The lowest BCUT2D eigenvalue weighted by molar-refractivity contribution is -0.00160. The van der Waals surface area contributed by atoms with Gasteiger partial charge in [-0.2, -0.15) is 8.42 Å². The van der Waals surface area contributed by atoms with Crippen molar-refractivity contribution < 1.29 is 30.6 Å². The number of Topliss-reactive ketones (excluding diaryl/α,β-unsaturated/α-hetero) is 1. The van der Waals surface area contributed by atoms with Crippen LogP contribution in [0.1, 0.15) is 41.3 Å². The molecule has 30 heavy (non-hydrogen) atoms. The zero-order valence-corrected chi connectivity index (χ0v) is 18.5. The number of benzene rings is 2. The molecular formula is C20H22N2O6S2. The van der Waals surface area contributed by atoms with Gasteiger partial charge in [-0.1, -0.05) is 49.2 Å². The summed E-state index contributed by atoms with van der Waals surface area (Å²) >= 11 is 0. The highest BCUT2D eigenvalue weighted by molar-refractivity contribution is 8.08. The molecule has 0 heterocycles. The number of hydrogen-bond acceptors (Lipinski definition) is 6. The fraction of sp³-hybridized carbons (Fsp3) is 0.300. The van der Waals surface area contributed by atoms with E-state index >= 15 is 0 Å². The normalized spacial score (nSPS) is 11.6. The van der Waals surface area contributed by atoms with Crippen LogP contribution in [0.4, 0.5) is 0 Å². The van der Waals surface area contributed by atoms with Gasteiger partial charge in [0, 0.05) is 5.56 Å². The van der Waals surface area contributed by atoms with E-state index in [2.05, 4.69) is 4.79 Å². The predicted octanol–water partition coefficient (Wildman–Crippen LogP) is 3.10. The van der Waals surface area contributed by atoms with E-state index in [4.69, 9.17) is 4.18 Å². The minimum Gasteiger partial charge on any atom is -0.381 e. The van der Waals surface area contributed by atoms with Crippen LogP contribution in [0.15, 0.2) is 47.4 Å². The van der Waals surface area contributed by atoms with Gasteiger partial charge in [0.25, 0.3) is 15.6 Å². The monoisotopic (exact) mass is 450 g/mol. The molecule has 0 spiro atoms. The number of aryl methyl sites for hydroxylation is 2. The fourth-order valence-electron chi connectivity index (χ4n) is 2.75. The van der Waals surface area contributed by atoms with Crippen molar-refractivity contribution in [1.29, 1.82) is 0 Å². The first-order valence-electron chi connectivity index (χ1n) is 9.13. The number of sulfone groups is 1. The maximum absolute atomic E-state index is 13.1. The van der Waals surface area contributed by atoms with Crippen LogP contribution in [0.5, 0.6) is 5.75 Å². The van der Waals surface area contributed by atoms with Crippen LogP contribution in [0.2, 0.25) is 0 Å². The summed E-state index contributed by atoms with van der Waals surface area (Å²) in [6.07, 6.45) is 0.944. The highest BCUT2D eigenvalue weighted by Gasteiger charge is 2.41. The largest absolute Gasteiger partial charge is 0.457 e. The van der Waals surface area contributed by atoms with Crippen LogP contribution in [0, 0.1) is 13.8 Å². The van der Waals surface area contributed by atoms with Gasteiger partial charge in [0.15, 0.2) is 5.75 Å². The fourth-order valence-corrected chi connectivity index (χ4v) is 5.25. The van der Waals surface area contributed by atoms with Gasteiger partial charge < -0.3 is 9.71 Å². The number of carbonyl (C=O) groups is 1. The molecule has 0 saturated carbocycles. The number of para-hydroxylation sites is 1. The Morgan fingerprint density at radius 3 is 2.33 bits per heavy atom. The first-order valence-corrected chi connectivity index (χ1v) is 12.2. The summed E-state index contributed by atoms with van der Waals surface area (Å²) in [6, 6.07) is 9.73. The molecular weight excluding hydrogens is 428 g/mol.